The van der Waals surface area contributed by atoms with Crippen molar-refractivity contribution in [1.29, 1.82) is 0 Å². The van der Waals surface area contributed by atoms with E-state index >= 15 is 0 Å². The summed E-state index contributed by atoms with van der Waals surface area (Å²) in [4.78, 5) is 11.7. The lowest BCUT2D eigenvalue weighted by Crippen LogP contribution is -2.11. The molecule has 0 bridgehead atoms. The van der Waals surface area contributed by atoms with E-state index < -0.39 is 0 Å². The van der Waals surface area contributed by atoms with Crippen LogP contribution < -0.4 is 0 Å². The van der Waals surface area contributed by atoms with Crippen molar-refractivity contribution >= 4 is 17.7 Å². The van der Waals surface area contributed by atoms with Crippen LogP contribution in [0.25, 0.3) is 11.4 Å². The minimum atomic E-state index is -0.208. The predicted octanol–water partition coefficient (Wildman–Crippen LogP) is 4.02. The van der Waals surface area contributed by atoms with Gasteiger partial charge in [0.05, 0.1) is 12.4 Å². The second-order valence-electron chi connectivity index (χ2n) is 6.07. The fourth-order valence-electron chi connectivity index (χ4n) is 3.09. The van der Waals surface area contributed by atoms with Crippen LogP contribution in [0, 0.1) is 6.92 Å². The Morgan fingerprint density at radius 3 is 2.62 bits per heavy atom. The minimum absolute atomic E-state index is 0.208. The molecule has 1 aliphatic rings. The standard InChI is InChI=1S/C18H23N3O2S/c1-3-23-16(22)12-24-18-20-19-17(14-10-8-13(2)9-11-14)21(18)15-6-4-5-7-15/h8-11,15H,3-7,12H2,1-2H3. The summed E-state index contributed by atoms with van der Waals surface area (Å²) in [6.07, 6.45) is 4.75. The van der Waals surface area contributed by atoms with Gasteiger partial charge in [-0.2, -0.15) is 0 Å². The van der Waals surface area contributed by atoms with Crippen LogP contribution in [0.4, 0.5) is 0 Å². The first kappa shape index (κ1) is 17.0. The number of nitrogens with zero attached hydrogens (tertiary/aromatic N) is 3. The van der Waals surface area contributed by atoms with Crippen LogP contribution in [-0.4, -0.2) is 33.1 Å². The maximum absolute atomic E-state index is 11.7. The van der Waals surface area contributed by atoms with E-state index in [1.807, 2.05) is 6.92 Å². The SMILES string of the molecule is CCOC(=O)CSc1nnc(-c2ccc(C)cc2)n1C1CCCC1. The van der Waals surface area contributed by atoms with Gasteiger partial charge in [-0.25, -0.2) is 0 Å². The molecule has 6 heteroatoms. The highest BCUT2D eigenvalue weighted by Gasteiger charge is 2.25. The number of carbonyl (C=O) groups is 1. The van der Waals surface area contributed by atoms with Gasteiger partial charge in [-0.05, 0) is 26.7 Å². The van der Waals surface area contributed by atoms with E-state index in [9.17, 15) is 4.79 Å². The van der Waals surface area contributed by atoms with Crippen molar-refractivity contribution in [3.05, 3.63) is 29.8 Å². The Labute approximate surface area is 146 Å². The number of hydrogen-bond donors (Lipinski definition) is 0. The topological polar surface area (TPSA) is 57.0 Å². The Morgan fingerprint density at radius 1 is 1.25 bits per heavy atom. The molecule has 1 heterocycles. The van der Waals surface area contributed by atoms with Crippen LogP contribution in [-0.2, 0) is 9.53 Å². The molecular weight excluding hydrogens is 322 g/mol. The van der Waals surface area contributed by atoms with Gasteiger partial charge in [0.15, 0.2) is 11.0 Å². The highest BCUT2D eigenvalue weighted by atomic mass is 32.2. The van der Waals surface area contributed by atoms with Crippen molar-refractivity contribution < 1.29 is 9.53 Å². The zero-order chi connectivity index (χ0) is 16.9. The average molecular weight is 345 g/mol. The van der Waals surface area contributed by atoms with E-state index in [0.29, 0.717) is 12.6 Å². The summed E-state index contributed by atoms with van der Waals surface area (Å²) in [5.74, 6) is 0.959. The highest BCUT2D eigenvalue weighted by molar-refractivity contribution is 7.99. The van der Waals surface area contributed by atoms with E-state index in [1.165, 1.54) is 30.2 Å². The number of thioether (sulfide) groups is 1. The second-order valence-corrected chi connectivity index (χ2v) is 7.02. The van der Waals surface area contributed by atoms with Crippen LogP contribution in [0.1, 0.15) is 44.2 Å². The maximum atomic E-state index is 11.7. The van der Waals surface area contributed by atoms with Crippen molar-refractivity contribution in [2.75, 3.05) is 12.4 Å². The maximum Gasteiger partial charge on any atom is 0.316 e. The fourth-order valence-corrected chi connectivity index (χ4v) is 3.90. The predicted molar refractivity (Wildman–Crippen MR) is 95.1 cm³/mol. The number of carbonyl (C=O) groups excluding carboxylic acids is 1. The van der Waals surface area contributed by atoms with Gasteiger partial charge >= 0.3 is 5.97 Å². The van der Waals surface area contributed by atoms with Gasteiger partial charge in [-0.1, -0.05) is 54.4 Å². The molecule has 2 aromatic rings. The van der Waals surface area contributed by atoms with Gasteiger partial charge in [0.2, 0.25) is 0 Å². The van der Waals surface area contributed by atoms with Crippen molar-refractivity contribution in [3.8, 4) is 11.4 Å². The zero-order valence-corrected chi connectivity index (χ0v) is 15.0. The number of ether oxygens (including phenoxy) is 1. The molecule has 0 N–H and O–H groups in total. The summed E-state index contributed by atoms with van der Waals surface area (Å²) >= 11 is 1.42. The molecule has 1 aromatic carbocycles. The van der Waals surface area contributed by atoms with Gasteiger partial charge in [0.25, 0.3) is 0 Å². The first-order valence-corrected chi connectivity index (χ1v) is 9.48. The molecule has 0 spiro atoms. The molecule has 3 rings (SSSR count). The number of esters is 1. The molecule has 1 saturated carbocycles. The molecular formula is C18H23N3O2S. The molecule has 0 unspecified atom stereocenters. The average Bonchev–Trinajstić information content (AvgIpc) is 3.23. The molecule has 0 atom stereocenters. The minimum Gasteiger partial charge on any atom is -0.465 e. The Kier molecular flexibility index (Phi) is 5.56. The Hall–Kier alpha value is -1.82. The van der Waals surface area contributed by atoms with E-state index in [-0.39, 0.29) is 11.7 Å². The van der Waals surface area contributed by atoms with Crippen LogP contribution in [0.15, 0.2) is 29.4 Å². The molecule has 1 aromatic heterocycles. The second kappa shape index (κ2) is 7.83. The quantitative estimate of drug-likeness (QED) is 0.584. The first-order chi connectivity index (χ1) is 11.7. The van der Waals surface area contributed by atoms with Crippen molar-refractivity contribution in [1.82, 2.24) is 14.8 Å². The molecule has 0 aliphatic heterocycles. The third kappa shape index (κ3) is 3.80. The summed E-state index contributed by atoms with van der Waals surface area (Å²) < 4.78 is 7.24. The van der Waals surface area contributed by atoms with Gasteiger partial charge in [0.1, 0.15) is 0 Å². The summed E-state index contributed by atoms with van der Waals surface area (Å²) in [5, 5.41) is 9.60. The Bertz CT molecular complexity index is 691. The monoisotopic (exact) mass is 345 g/mol. The summed E-state index contributed by atoms with van der Waals surface area (Å²) in [6, 6.07) is 8.78. The number of rotatable bonds is 6. The molecule has 128 valence electrons. The zero-order valence-electron chi connectivity index (χ0n) is 14.2. The number of hydrogen-bond acceptors (Lipinski definition) is 5. The normalized spacial score (nSPS) is 14.9. The summed E-state index contributed by atoms with van der Waals surface area (Å²) in [5.41, 5.74) is 2.30. The van der Waals surface area contributed by atoms with Crippen LogP contribution in [0.5, 0.6) is 0 Å². The lowest BCUT2D eigenvalue weighted by Gasteiger charge is -2.16. The van der Waals surface area contributed by atoms with Crippen molar-refractivity contribution in [3.63, 3.8) is 0 Å². The number of benzene rings is 1. The molecule has 24 heavy (non-hydrogen) atoms. The molecule has 0 saturated heterocycles. The molecule has 0 amide bonds. The van der Waals surface area contributed by atoms with E-state index in [0.717, 1.165) is 29.4 Å². The van der Waals surface area contributed by atoms with Crippen molar-refractivity contribution in [2.45, 2.75) is 50.7 Å². The van der Waals surface area contributed by atoms with Crippen LogP contribution in [0.3, 0.4) is 0 Å². The lowest BCUT2D eigenvalue weighted by molar-refractivity contribution is -0.139. The van der Waals surface area contributed by atoms with E-state index in [1.54, 1.807) is 0 Å². The molecule has 0 radical (unpaired) electrons. The third-order valence-corrected chi connectivity index (χ3v) is 5.21. The van der Waals surface area contributed by atoms with Crippen LogP contribution in [0.2, 0.25) is 0 Å². The van der Waals surface area contributed by atoms with Gasteiger partial charge in [-0.15, -0.1) is 10.2 Å². The first-order valence-electron chi connectivity index (χ1n) is 8.49. The highest BCUT2D eigenvalue weighted by Crippen LogP contribution is 2.36. The number of aromatic nitrogens is 3. The Balaban J connectivity index is 1.88. The largest absolute Gasteiger partial charge is 0.465 e. The fraction of sp³-hybridized carbons (Fsp3) is 0.500. The van der Waals surface area contributed by atoms with E-state index in [2.05, 4.69) is 46.0 Å². The van der Waals surface area contributed by atoms with Gasteiger partial charge < -0.3 is 4.74 Å². The summed E-state index contributed by atoms with van der Waals surface area (Å²) in [6.45, 7) is 4.30. The smallest absolute Gasteiger partial charge is 0.316 e. The number of aryl methyl sites for hydroxylation is 1. The third-order valence-electron chi connectivity index (χ3n) is 4.29. The molecule has 1 aliphatic carbocycles. The van der Waals surface area contributed by atoms with Gasteiger partial charge in [0, 0.05) is 11.6 Å². The van der Waals surface area contributed by atoms with Crippen LogP contribution >= 0.6 is 11.8 Å². The lowest BCUT2D eigenvalue weighted by atomic mass is 10.1. The summed E-state index contributed by atoms with van der Waals surface area (Å²) in [7, 11) is 0. The molecule has 1 fully saturated rings. The van der Waals surface area contributed by atoms with E-state index in [4.69, 9.17) is 4.74 Å². The molecule has 5 nitrogen and oxygen atoms in total. The Morgan fingerprint density at radius 2 is 1.96 bits per heavy atom. The van der Waals surface area contributed by atoms with Gasteiger partial charge in [-0.3, -0.25) is 9.36 Å². The van der Waals surface area contributed by atoms with Crippen molar-refractivity contribution in [2.24, 2.45) is 0 Å².